The number of carbonyl (C=O) groups is 1. The lowest BCUT2D eigenvalue weighted by atomic mass is 9.88. The monoisotopic (exact) mass is 450 g/mol. The van der Waals surface area contributed by atoms with E-state index in [-0.39, 0.29) is 17.9 Å². The highest BCUT2D eigenvalue weighted by Gasteiger charge is 2.53. The SMILES string of the molecule is O=C(O)c1c[nH]c2c(C3(Cl)CC3)c(N3CCC(C(O)C4(CO)CC4)C3)c(F)cc2c1=O. The van der Waals surface area contributed by atoms with Gasteiger partial charge in [-0.25, -0.2) is 9.18 Å². The molecule has 5 rings (SSSR count). The van der Waals surface area contributed by atoms with Crippen molar-refractivity contribution in [2.75, 3.05) is 24.6 Å². The number of aliphatic hydroxyl groups excluding tert-OH is 2. The number of rotatable bonds is 6. The quantitative estimate of drug-likeness (QED) is 0.503. The Balaban J connectivity index is 1.59. The van der Waals surface area contributed by atoms with Gasteiger partial charge in [0, 0.05) is 41.6 Å². The number of carboxylic acids is 1. The van der Waals surface area contributed by atoms with Crippen molar-refractivity contribution in [1.82, 2.24) is 4.98 Å². The Labute approximate surface area is 182 Å². The number of aliphatic hydroxyl groups is 2. The molecule has 9 heteroatoms. The zero-order valence-electron chi connectivity index (χ0n) is 16.8. The number of H-pyrrole nitrogens is 1. The van der Waals surface area contributed by atoms with Gasteiger partial charge >= 0.3 is 5.97 Å². The van der Waals surface area contributed by atoms with Crippen molar-refractivity contribution < 1.29 is 24.5 Å². The molecule has 3 aliphatic rings. The number of pyridine rings is 1. The lowest BCUT2D eigenvalue weighted by molar-refractivity contribution is 0.0139. The van der Waals surface area contributed by atoms with Crippen molar-refractivity contribution in [3.63, 3.8) is 0 Å². The van der Waals surface area contributed by atoms with Crippen molar-refractivity contribution in [1.29, 1.82) is 0 Å². The van der Waals surface area contributed by atoms with Crippen LogP contribution in [0.4, 0.5) is 10.1 Å². The molecule has 2 unspecified atom stereocenters. The number of halogens is 2. The van der Waals surface area contributed by atoms with Crippen LogP contribution in [0.25, 0.3) is 10.9 Å². The zero-order chi connectivity index (χ0) is 22.1. The van der Waals surface area contributed by atoms with E-state index in [0.717, 1.165) is 25.1 Å². The van der Waals surface area contributed by atoms with E-state index in [1.54, 1.807) is 0 Å². The number of nitrogens with zero attached hydrogens (tertiary/aromatic N) is 1. The van der Waals surface area contributed by atoms with Gasteiger partial charge in [-0.2, -0.15) is 0 Å². The van der Waals surface area contributed by atoms with Crippen LogP contribution in [-0.2, 0) is 4.87 Å². The summed E-state index contributed by atoms with van der Waals surface area (Å²) in [7, 11) is 0. The molecule has 7 nitrogen and oxygen atoms in total. The molecule has 0 amide bonds. The van der Waals surface area contributed by atoms with Gasteiger partial charge in [-0.3, -0.25) is 4.79 Å². The summed E-state index contributed by atoms with van der Waals surface area (Å²) in [6.07, 6.45) is 3.95. The number of nitrogens with one attached hydrogen (secondary N) is 1. The standard InChI is InChI=1S/C22H24ClFN2O5/c23-22(4-5-22)15-16-12(18(28)13(8-25-16)20(30)31)7-14(24)17(15)26-6-1-11(9-26)19(29)21(10-27)2-3-21/h7-8,11,19,27,29H,1-6,9-10H2,(H,25,28)(H,30,31). The fraction of sp³-hybridized carbons (Fsp3) is 0.545. The second-order valence-electron chi connectivity index (χ2n) is 9.27. The molecule has 2 saturated carbocycles. The van der Waals surface area contributed by atoms with Crippen LogP contribution in [0.2, 0.25) is 0 Å². The smallest absolute Gasteiger partial charge is 0.341 e. The summed E-state index contributed by atoms with van der Waals surface area (Å²) in [6.45, 7) is 0.879. The van der Waals surface area contributed by atoms with Gasteiger partial charge in [-0.15, -0.1) is 11.6 Å². The average Bonchev–Trinajstić information content (AvgIpc) is 3.64. The number of alkyl halides is 1. The van der Waals surface area contributed by atoms with E-state index in [9.17, 15) is 24.9 Å². The van der Waals surface area contributed by atoms with E-state index in [4.69, 9.17) is 11.6 Å². The van der Waals surface area contributed by atoms with Crippen molar-refractivity contribution in [3.8, 4) is 0 Å². The number of aromatic amines is 1. The summed E-state index contributed by atoms with van der Waals surface area (Å²) < 4.78 is 15.4. The van der Waals surface area contributed by atoms with Crippen LogP contribution in [0, 0.1) is 17.2 Å². The van der Waals surface area contributed by atoms with Gasteiger partial charge in [0.25, 0.3) is 0 Å². The predicted octanol–water partition coefficient (Wildman–Crippen LogP) is 2.55. The van der Waals surface area contributed by atoms with E-state index in [1.165, 1.54) is 0 Å². The molecule has 2 aromatic rings. The maximum Gasteiger partial charge on any atom is 0.341 e. The lowest BCUT2D eigenvalue weighted by Gasteiger charge is -2.28. The number of anilines is 1. The summed E-state index contributed by atoms with van der Waals surface area (Å²) in [6, 6.07) is 1.09. The van der Waals surface area contributed by atoms with Crippen molar-refractivity contribution in [2.24, 2.45) is 11.3 Å². The van der Waals surface area contributed by atoms with Gasteiger partial charge in [-0.05, 0) is 38.2 Å². The second kappa shape index (κ2) is 6.92. The summed E-state index contributed by atoms with van der Waals surface area (Å²) in [5, 5.41) is 29.7. The highest BCUT2D eigenvalue weighted by atomic mass is 35.5. The van der Waals surface area contributed by atoms with E-state index >= 15 is 4.39 Å². The minimum absolute atomic E-state index is 0.0314. The molecule has 2 aliphatic carbocycles. The maximum atomic E-state index is 15.4. The number of hydrogen-bond acceptors (Lipinski definition) is 5. The molecule has 31 heavy (non-hydrogen) atoms. The van der Waals surface area contributed by atoms with E-state index < -0.39 is 39.2 Å². The summed E-state index contributed by atoms with van der Waals surface area (Å²) in [4.78, 5) is 27.9. The Hall–Kier alpha value is -2.16. The Kier molecular flexibility index (Phi) is 4.63. The van der Waals surface area contributed by atoms with Crippen molar-refractivity contribution >= 4 is 34.2 Å². The molecule has 4 N–H and O–H groups in total. The highest BCUT2D eigenvalue weighted by Crippen LogP contribution is 2.57. The van der Waals surface area contributed by atoms with Crippen LogP contribution in [-0.4, -0.2) is 52.1 Å². The van der Waals surface area contributed by atoms with Gasteiger partial charge in [0.2, 0.25) is 5.43 Å². The third-order valence-corrected chi connectivity index (χ3v) is 7.86. The largest absolute Gasteiger partial charge is 0.477 e. The first-order valence-electron chi connectivity index (χ1n) is 10.6. The third-order valence-electron chi connectivity index (χ3n) is 7.29. The molecule has 166 valence electrons. The fourth-order valence-corrected chi connectivity index (χ4v) is 5.32. The molecule has 1 aromatic carbocycles. The first kappa shape index (κ1) is 20.7. The summed E-state index contributed by atoms with van der Waals surface area (Å²) in [5.41, 5.74) is -0.486. The number of fused-ring (bicyclic) bond motifs is 1. The van der Waals surface area contributed by atoms with Crippen LogP contribution < -0.4 is 10.3 Å². The molecule has 2 heterocycles. The van der Waals surface area contributed by atoms with E-state index in [1.807, 2.05) is 4.90 Å². The fourth-order valence-electron chi connectivity index (χ4n) is 5.04. The van der Waals surface area contributed by atoms with E-state index in [0.29, 0.717) is 49.1 Å². The molecular formula is C22H24ClFN2O5. The first-order chi connectivity index (χ1) is 14.7. The number of aromatic nitrogens is 1. The first-order valence-corrected chi connectivity index (χ1v) is 10.9. The van der Waals surface area contributed by atoms with Crippen molar-refractivity contribution in [2.45, 2.75) is 43.1 Å². The average molecular weight is 451 g/mol. The van der Waals surface area contributed by atoms with Gasteiger partial charge in [-0.1, -0.05) is 0 Å². The number of carboxylic acid groups (broad SMARTS) is 1. The zero-order valence-corrected chi connectivity index (χ0v) is 17.6. The molecule has 1 saturated heterocycles. The number of benzene rings is 1. The Morgan fingerprint density at radius 1 is 1.35 bits per heavy atom. The van der Waals surface area contributed by atoms with Gasteiger partial charge < -0.3 is 25.2 Å². The van der Waals surface area contributed by atoms with Gasteiger partial charge in [0.05, 0.1) is 28.8 Å². The predicted molar refractivity (Wildman–Crippen MR) is 113 cm³/mol. The van der Waals surface area contributed by atoms with Crippen LogP contribution in [0.3, 0.4) is 0 Å². The molecule has 1 aliphatic heterocycles. The maximum absolute atomic E-state index is 15.4. The summed E-state index contributed by atoms with van der Waals surface area (Å²) >= 11 is 6.75. The topological polar surface area (TPSA) is 114 Å². The molecule has 2 atom stereocenters. The van der Waals surface area contributed by atoms with Gasteiger partial charge in [0.1, 0.15) is 11.4 Å². The molecule has 3 fully saturated rings. The van der Waals surface area contributed by atoms with Crippen LogP contribution in [0.1, 0.15) is 48.0 Å². The molecular weight excluding hydrogens is 427 g/mol. The van der Waals surface area contributed by atoms with Crippen LogP contribution in [0.15, 0.2) is 17.1 Å². The van der Waals surface area contributed by atoms with Crippen molar-refractivity contribution in [3.05, 3.63) is 39.4 Å². The summed E-state index contributed by atoms with van der Waals surface area (Å²) in [5.74, 6) is -2.10. The second-order valence-corrected chi connectivity index (χ2v) is 9.99. The molecule has 0 radical (unpaired) electrons. The Morgan fingerprint density at radius 3 is 2.65 bits per heavy atom. The molecule has 1 aromatic heterocycles. The van der Waals surface area contributed by atoms with E-state index in [2.05, 4.69) is 4.98 Å². The van der Waals surface area contributed by atoms with Gasteiger partial charge in [0.15, 0.2) is 0 Å². The molecule has 0 spiro atoms. The van der Waals surface area contributed by atoms with Crippen LogP contribution >= 0.6 is 11.6 Å². The highest BCUT2D eigenvalue weighted by molar-refractivity contribution is 6.27. The number of hydrogen-bond donors (Lipinski definition) is 4. The lowest BCUT2D eigenvalue weighted by Crippen LogP contribution is -2.35. The minimum Gasteiger partial charge on any atom is -0.477 e. The Morgan fingerprint density at radius 2 is 2.06 bits per heavy atom. The molecule has 0 bridgehead atoms. The number of aromatic carboxylic acids is 1. The third kappa shape index (κ3) is 3.15. The van der Waals surface area contributed by atoms with Crippen LogP contribution in [0.5, 0.6) is 0 Å². The Bertz CT molecular complexity index is 1140. The normalized spacial score (nSPS) is 24.4. The minimum atomic E-state index is -1.38.